The summed E-state index contributed by atoms with van der Waals surface area (Å²) in [7, 11) is -0.131. The van der Waals surface area contributed by atoms with Crippen LogP contribution >= 0.6 is 15.8 Å². The zero-order valence-corrected chi connectivity index (χ0v) is 14.5. The minimum atomic E-state index is -0.0654. The Labute approximate surface area is 115 Å². The highest BCUT2D eigenvalue weighted by atomic mass is 31.1. The molecule has 2 nitrogen and oxygen atoms in total. The molecule has 18 heavy (non-hydrogen) atoms. The fourth-order valence-electron chi connectivity index (χ4n) is 2.88. The summed E-state index contributed by atoms with van der Waals surface area (Å²) in [6.07, 6.45) is 2.52. The average molecular weight is 290 g/mol. The molecule has 0 bridgehead atoms. The van der Waals surface area contributed by atoms with Crippen LogP contribution in [0.3, 0.4) is 0 Å². The van der Waals surface area contributed by atoms with Gasteiger partial charge in [-0.25, -0.2) is 0 Å². The highest BCUT2D eigenvalue weighted by Crippen LogP contribution is 2.67. The van der Waals surface area contributed by atoms with Crippen molar-refractivity contribution in [3.63, 3.8) is 0 Å². The van der Waals surface area contributed by atoms with E-state index in [1.165, 1.54) is 12.3 Å². The molecular weight excluding hydrogens is 262 g/mol. The first kappa shape index (κ1) is 15.2. The van der Waals surface area contributed by atoms with Gasteiger partial charge < -0.3 is 9.47 Å². The van der Waals surface area contributed by atoms with Crippen LogP contribution in [0, 0.1) is 0 Å². The topological polar surface area (TPSA) is 18.5 Å². The highest BCUT2D eigenvalue weighted by molar-refractivity contribution is 7.64. The van der Waals surface area contributed by atoms with Crippen molar-refractivity contribution < 1.29 is 9.47 Å². The van der Waals surface area contributed by atoms with E-state index >= 15 is 0 Å². The van der Waals surface area contributed by atoms with Crippen molar-refractivity contribution in [1.82, 2.24) is 0 Å². The number of ether oxygens (including phenoxy) is 2. The first-order valence-electron chi connectivity index (χ1n) is 6.98. The highest BCUT2D eigenvalue weighted by Gasteiger charge is 2.48. The van der Waals surface area contributed by atoms with E-state index in [-0.39, 0.29) is 15.8 Å². The van der Waals surface area contributed by atoms with Gasteiger partial charge in [-0.3, -0.25) is 0 Å². The molecule has 0 aliphatic carbocycles. The molecule has 4 heteroatoms. The largest absolute Gasteiger partial charge is 0.370 e. The van der Waals surface area contributed by atoms with E-state index in [1.807, 2.05) is 0 Å². The van der Waals surface area contributed by atoms with Gasteiger partial charge in [-0.1, -0.05) is 57.4 Å². The maximum atomic E-state index is 6.12. The van der Waals surface area contributed by atoms with E-state index < -0.39 is 0 Å². The second-order valence-corrected chi connectivity index (χ2v) is 13.7. The van der Waals surface area contributed by atoms with Gasteiger partial charge in [-0.2, -0.15) is 0 Å². The van der Waals surface area contributed by atoms with Gasteiger partial charge in [0.2, 0.25) is 0 Å². The minimum absolute atomic E-state index is 0.0654. The Morgan fingerprint density at radius 3 is 1.33 bits per heavy atom. The number of hydrogen-bond donors (Lipinski definition) is 0. The molecule has 2 aliphatic rings. The lowest BCUT2D eigenvalue weighted by atomic mass is 10.3. The van der Waals surface area contributed by atoms with Crippen LogP contribution in [-0.2, 0) is 9.47 Å². The molecule has 4 atom stereocenters. The van der Waals surface area contributed by atoms with Gasteiger partial charge in [0.25, 0.3) is 0 Å². The molecule has 2 rings (SSSR count). The van der Waals surface area contributed by atoms with E-state index in [0.717, 1.165) is 13.2 Å². The molecule has 0 saturated carbocycles. The normalized spacial score (nSPS) is 38.3. The summed E-state index contributed by atoms with van der Waals surface area (Å²) in [6.45, 7) is 16.1. The maximum Gasteiger partial charge on any atom is 0.107 e. The Balaban J connectivity index is 2.15. The van der Waals surface area contributed by atoms with Gasteiger partial charge in [-0.15, -0.1) is 0 Å². The summed E-state index contributed by atoms with van der Waals surface area (Å²) in [5, 5.41) is 0.780. The SMILES string of the molecule is CC(C)(C)[P@]1CCO[C@H]1[C@@H]1OCC[P@@]1C(C)(C)C. The van der Waals surface area contributed by atoms with Crippen molar-refractivity contribution in [2.24, 2.45) is 0 Å². The molecule has 0 aromatic heterocycles. The van der Waals surface area contributed by atoms with E-state index in [9.17, 15) is 0 Å². The van der Waals surface area contributed by atoms with Crippen molar-refractivity contribution in [1.29, 1.82) is 0 Å². The van der Waals surface area contributed by atoms with Gasteiger partial charge in [0.1, 0.15) is 11.7 Å². The first-order valence-corrected chi connectivity index (χ1v) is 10.2. The Morgan fingerprint density at radius 1 is 0.722 bits per heavy atom. The molecule has 2 heterocycles. The van der Waals surface area contributed by atoms with Crippen LogP contribution in [0.2, 0.25) is 0 Å². The standard InChI is InChI=1S/C14H28O2P2/c1-13(2,3)17-9-7-15-11(17)12-16-8-10-18(12)14(4,5)6/h11-12H,7-10H2,1-6H3/t11-,12-,17-,18-/m1/s1. The Kier molecular flexibility index (Phi) is 4.45. The molecular formula is C14H28O2P2. The molecule has 0 aromatic carbocycles. The van der Waals surface area contributed by atoms with E-state index in [4.69, 9.17) is 9.47 Å². The monoisotopic (exact) mass is 290 g/mol. The summed E-state index contributed by atoms with van der Waals surface area (Å²) in [5.74, 6) is 0.792. The van der Waals surface area contributed by atoms with E-state index in [2.05, 4.69) is 41.5 Å². The third-order valence-corrected chi connectivity index (χ3v) is 10.9. The minimum Gasteiger partial charge on any atom is -0.370 e. The van der Waals surface area contributed by atoms with Crippen LogP contribution in [-0.4, -0.2) is 47.5 Å². The molecule has 2 aliphatic heterocycles. The van der Waals surface area contributed by atoms with Crippen LogP contribution in [0.15, 0.2) is 0 Å². The molecule has 0 N–H and O–H groups in total. The zero-order valence-electron chi connectivity index (χ0n) is 12.7. The predicted molar refractivity (Wildman–Crippen MR) is 82.6 cm³/mol. The van der Waals surface area contributed by atoms with Gasteiger partial charge in [0.15, 0.2) is 0 Å². The third-order valence-electron chi connectivity index (χ3n) is 3.82. The van der Waals surface area contributed by atoms with Gasteiger partial charge in [0, 0.05) is 0 Å². The van der Waals surface area contributed by atoms with Crippen LogP contribution in [0.4, 0.5) is 0 Å². The molecule has 106 valence electrons. The molecule has 0 radical (unpaired) electrons. The molecule has 0 spiro atoms. The second kappa shape index (κ2) is 5.28. The fourth-order valence-corrected chi connectivity index (χ4v) is 9.19. The summed E-state index contributed by atoms with van der Waals surface area (Å²) in [5.41, 5.74) is 0. The van der Waals surface area contributed by atoms with E-state index in [0.29, 0.717) is 22.0 Å². The summed E-state index contributed by atoms with van der Waals surface area (Å²) in [6, 6.07) is 0. The van der Waals surface area contributed by atoms with Gasteiger partial charge in [-0.05, 0) is 22.6 Å². The van der Waals surface area contributed by atoms with Crippen LogP contribution in [0.25, 0.3) is 0 Å². The van der Waals surface area contributed by atoms with Gasteiger partial charge >= 0.3 is 0 Å². The summed E-state index contributed by atoms with van der Waals surface area (Å²) >= 11 is 0. The molecule has 2 fully saturated rings. The maximum absolute atomic E-state index is 6.12. The second-order valence-electron chi connectivity index (χ2n) is 7.25. The lowest BCUT2D eigenvalue weighted by Crippen LogP contribution is -2.31. The molecule has 0 aromatic rings. The Morgan fingerprint density at radius 2 is 1.06 bits per heavy atom. The lowest BCUT2D eigenvalue weighted by molar-refractivity contribution is 0.0349. The van der Waals surface area contributed by atoms with Crippen LogP contribution < -0.4 is 0 Å². The van der Waals surface area contributed by atoms with Crippen LogP contribution in [0.5, 0.6) is 0 Å². The lowest BCUT2D eigenvalue weighted by Gasteiger charge is -2.39. The average Bonchev–Trinajstić information content (AvgIpc) is 2.83. The van der Waals surface area contributed by atoms with Crippen molar-refractivity contribution >= 4 is 15.8 Å². The van der Waals surface area contributed by atoms with Crippen molar-refractivity contribution in [2.75, 3.05) is 25.5 Å². The van der Waals surface area contributed by atoms with Crippen LogP contribution in [0.1, 0.15) is 41.5 Å². The Hall–Kier alpha value is 0.780. The zero-order chi connectivity index (χ0) is 13.6. The molecule has 0 amide bonds. The Bertz CT molecular complexity index is 263. The molecule has 2 saturated heterocycles. The smallest absolute Gasteiger partial charge is 0.107 e. The van der Waals surface area contributed by atoms with Gasteiger partial charge in [0.05, 0.1) is 13.2 Å². The van der Waals surface area contributed by atoms with Crippen molar-refractivity contribution in [3.8, 4) is 0 Å². The quantitative estimate of drug-likeness (QED) is 0.672. The summed E-state index contributed by atoms with van der Waals surface area (Å²) < 4.78 is 12.2. The number of hydrogen-bond acceptors (Lipinski definition) is 2. The predicted octanol–water partition coefficient (Wildman–Crippen LogP) is 4.26. The number of rotatable bonds is 1. The van der Waals surface area contributed by atoms with Crippen molar-refractivity contribution in [2.45, 2.75) is 63.5 Å². The fraction of sp³-hybridized carbons (Fsp3) is 1.00. The van der Waals surface area contributed by atoms with E-state index in [1.54, 1.807) is 0 Å². The molecule has 0 unspecified atom stereocenters. The van der Waals surface area contributed by atoms with Crippen molar-refractivity contribution in [3.05, 3.63) is 0 Å². The summed E-state index contributed by atoms with van der Waals surface area (Å²) in [4.78, 5) is 0. The first-order chi connectivity index (χ1) is 8.21. The third kappa shape index (κ3) is 3.09.